The Labute approximate surface area is 109 Å². The van der Waals surface area contributed by atoms with Crippen LogP contribution >= 0.6 is 11.3 Å². The monoisotopic (exact) mass is 266 g/mol. The lowest BCUT2D eigenvalue weighted by Gasteiger charge is -2.25. The van der Waals surface area contributed by atoms with Crippen LogP contribution in [0.2, 0.25) is 0 Å². The zero-order valence-corrected chi connectivity index (χ0v) is 10.8. The third-order valence-electron chi connectivity index (χ3n) is 3.50. The summed E-state index contributed by atoms with van der Waals surface area (Å²) in [6.45, 7) is 1.45. The molecule has 0 saturated carbocycles. The summed E-state index contributed by atoms with van der Waals surface area (Å²) in [5.74, 6) is 0.0315. The van der Waals surface area contributed by atoms with E-state index in [9.17, 15) is 9.50 Å². The highest BCUT2D eigenvalue weighted by Crippen LogP contribution is 2.36. The van der Waals surface area contributed by atoms with Crippen LogP contribution in [0.25, 0.3) is 10.1 Å². The van der Waals surface area contributed by atoms with Crippen LogP contribution in [0, 0.1) is 11.7 Å². The highest BCUT2D eigenvalue weighted by Gasteiger charge is 2.24. The van der Waals surface area contributed by atoms with Crippen LogP contribution in [-0.4, -0.2) is 18.3 Å². The largest absolute Gasteiger partial charge is 0.387 e. The van der Waals surface area contributed by atoms with Crippen molar-refractivity contribution < 1.29 is 14.2 Å². The van der Waals surface area contributed by atoms with E-state index < -0.39 is 6.10 Å². The minimum absolute atomic E-state index is 0.229. The Morgan fingerprint density at radius 3 is 2.83 bits per heavy atom. The summed E-state index contributed by atoms with van der Waals surface area (Å²) in [6.07, 6.45) is 1.34. The van der Waals surface area contributed by atoms with Crippen molar-refractivity contribution in [1.82, 2.24) is 0 Å². The molecule has 1 unspecified atom stereocenters. The molecule has 1 fully saturated rings. The zero-order chi connectivity index (χ0) is 12.5. The Hall–Kier alpha value is -0.970. The Kier molecular flexibility index (Phi) is 3.33. The van der Waals surface area contributed by atoms with Crippen LogP contribution in [0.5, 0.6) is 0 Å². The summed E-state index contributed by atoms with van der Waals surface area (Å²) in [5, 5.41) is 11.3. The van der Waals surface area contributed by atoms with Crippen molar-refractivity contribution >= 4 is 21.4 Å². The molecule has 1 saturated heterocycles. The van der Waals surface area contributed by atoms with Crippen molar-refractivity contribution in [3.05, 3.63) is 35.0 Å². The fourth-order valence-corrected chi connectivity index (χ4v) is 3.57. The molecule has 0 amide bonds. The number of benzene rings is 1. The van der Waals surface area contributed by atoms with E-state index in [2.05, 4.69) is 0 Å². The molecule has 2 aromatic rings. The topological polar surface area (TPSA) is 29.5 Å². The molecular formula is C14H15FO2S. The predicted molar refractivity (Wildman–Crippen MR) is 70.3 cm³/mol. The Morgan fingerprint density at radius 1 is 1.28 bits per heavy atom. The molecule has 4 heteroatoms. The van der Waals surface area contributed by atoms with Gasteiger partial charge in [0.1, 0.15) is 5.82 Å². The van der Waals surface area contributed by atoms with E-state index in [0.29, 0.717) is 0 Å². The van der Waals surface area contributed by atoms with Gasteiger partial charge in [-0.2, -0.15) is 0 Å². The van der Waals surface area contributed by atoms with Gasteiger partial charge in [0.05, 0.1) is 6.10 Å². The van der Waals surface area contributed by atoms with Gasteiger partial charge in [-0.3, -0.25) is 0 Å². The van der Waals surface area contributed by atoms with Gasteiger partial charge in [0.15, 0.2) is 0 Å². The molecular weight excluding hydrogens is 251 g/mol. The lowest BCUT2D eigenvalue weighted by Crippen LogP contribution is -2.21. The van der Waals surface area contributed by atoms with E-state index >= 15 is 0 Å². The molecule has 0 radical (unpaired) electrons. The molecule has 1 atom stereocenters. The molecule has 1 aliphatic rings. The number of hydrogen-bond donors (Lipinski definition) is 1. The maximum absolute atomic E-state index is 13.1. The van der Waals surface area contributed by atoms with Gasteiger partial charge >= 0.3 is 0 Å². The minimum atomic E-state index is -0.450. The average molecular weight is 266 g/mol. The van der Waals surface area contributed by atoms with E-state index in [4.69, 9.17) is 4.74 Å². The van der Waals surface area contributed by atoms with Crippen molar-refractivity contribution in [2.45, 2.75) is 18.9 Å². The first kappa shape index (κ1) is 12.1. The van der Waals surface area contributed by atoms with Crippen molar-refractivity contribution in [3.63, 3.8) is 0 Å². The van der Waals surface area contributed by atoms with Crippen LogP contribution in [0.15, 0.2) is 24.3 Å². The van der Waals surface area contributed by atoms with E-state index in [-0.39, 0.29) is 11.7 Å². The van der Waals surface area contributed by atoms with Crippen molar-refractivity contribution in [3.8, 4) is 0 Å². The molecule has 1 aromatic carbocycles. The van der Waals surface area contributed by atoms with Gasteiger partial charge in [-0.25, -0.2) is 4.39 Å². The normalized spacial score (nSPS) is 19.2. The van der Waals surface area contributed by atoms with E-state index in [1.807, 2.05) is 6.07 Å². The number of halogens is 1. The van der Waals surface area contributed by atoms with Gasteiger partial charge in [-0.05, 0) is 48.4 Å². The first-order valence-corrected chi connectivity index (χ1v) is 7.00. The van der Waals surface area contributed by atoms with Crippen LogP contribution < -0.4 is 0 Å². The van der Waals surface area contributed by atoms with Gasteiger partial charge in [-0.15, -0.1) is 11.3 Å². The SMILES string of the molecule is OC(c1cc2cc(F)ccc2s1)C1CCOCC1. The number of fused-ring (bicyclic) bond motifs is 1. The lowest BCUT2D eigenvalue weighted by molar-refractivity contribution is 0.00856. The Bertz CT molecular complexity index is 546. The molecule has 0 aliphatic carbocycles. The molecule has 0 bridgehead atoms. The Morgan fingerprint density at radius 2 is 2.06 bits per heavy atom. The van der Waals surface area contributed by atoms with Gasteiger partial charge in [0.25, 0.3) is 0 Å². The summed E-state index contributed by atoms with van der Waals surface area (Å²) in [5.41, 5.74) is 0. The number of thiophene rings is 1. The number of hydrogen-bond acceptors (Lipinski definition) is 3. The Balaban J connectivity index is 1.88. The smallest absolute Gasteiger partial charge is 0.123 e. The minimum Gasteiger partial charge on any atom is -0.387 e. The summed E-state index contributed by atoms with van der Waals surface area (Å²) in [4.78, 5) is 0.933. The summed E-state index contributed by atoms with van der Waals surface area (Å²) in [6, 6.07) is 6.66. The van der Waals surface area contributed by atoms with Crippen LogP contribution in [0.4, 0.5) is 4.39 Å². The standard InChI is InChI=1S/C14H15FO2S/c15-11-1-2-12-10(7-11)8-13(18-12)14(16)9-3-5-17-6-4-9/h1-2,7-9,14,16H,3-6H2. The fraction of sp³-hybridized carbons (Fsp3) is 0.429. The van der Waals surface area contributed by atoms with Gasteiger partial charge in [-0.1, -0.05) is 0 Å². The molecule has 0 spiro atoms. The number of aliphatic hydroxyl groups is 1. The summed E-state index contributed by atoms with van der Waals surface area (Å²) in [7, 11) is 0. The molecule has 1 aliphatic heterocycles. The highest BCUT2D eigenvalue weighted by molar-refractivity contribution is 7.19. The first-order chi connectivity index (χ1) is 8.74. The predicted octanol–water partition coefficient (Wildman–Crippen LogP) is 3.50. The van der Waals surface area contributed by atoms with Gasteiger partial charge in [0, 0.05) is 22.8 Å². The van der Waals surface area contributed by atoms with Crippen molar-refractivity contribution in [2.75, 3.05) is 13.2 Å². The second kappa shape index (κ2) is 4.96. The number of aliphatic hydroxyl groups excluding tert-OH is 1. The summed E-state index contributed by atoms with van der Waals surface area (Å²) >= 11 is 1.55. The van der Waals surface area contributed by atoms with E-state index in [0.717, 1.165) is 41.0 Å². The second-order valence-electron chi connectivity index (χ2n) is 4.73. The van der Waals surface area contributed by atoms with Crippen LogP contribution in [0.3, 0.4) is 0 Å². The van der Waals surface area contributed by atoms with Crippen LogP contribution in [0.1, 0.15) is 23.8 Å². The second-order valence-corrected chi connectivity index (χ2v) is 5.84. The maximum Gasteiger partial charge on any atom is 0.123 e. The quantitative estimate of drug-likeness (QED) is 0.901. The number of rotatable bonds is 2. The molecule has 1 aromatic heterocycles. The first-order valence-electron chi connectivity index (χ1n) is 6.19. The molecule has 1 N–H and O–H groups in total. The molecule has 2 nitrogen and oxygen atoms in total. The van der Waals surface area contributed by atoms with Crippen LogP contribution in [-0.2, 0) is 4.74 Å². The van der Waals surface area contributed by atoms with Crippen molar-refractivity contribution in [1.29, 1.82) is 0 Å². The third-order valence-corrected chi connectivity index (χ3v) is 4.69. The maximum atomic E-state index is 13.1. The summed E-state index contributed by atoms with van der Waals surface area (Å²) < 4.78 is 19.5. The van der Waals surface area contributed by atoms with E-state index in [1.165, 1.54) is 12.1 Å². The van der Waals surface area contributed by atoms with Gasteiger partial charge < -0.3 is 9.84 Å². The van der Waals surface area contributed by atoms with Crippen molar-refractivity contribution in [2.24, 2.45) is 5.92 Å². The zero-order valence-electron chi connectivity index (χ0n) is 9.93. The molecule has 96 valence electrons. The highest BCUT2D eigenvalue weighted by atomic mass is 32.1. The fourth-order valence-electron chi connectivity index (χ4n) is 2.44. The molecule has 18 heavy (non-hydrogen) atoms. The molecule has 2 heterocycles. The van der Waals surface area contributed by atoms with E-state index in [1.54, 1.807) is 17.4 Å². The average Bonchev–Trinajstić information content (AvgIpc) is 2.81. The lowest BCUT2D eigenvalue weighted by atomic mass is 9.93. The van der Waals surface area contributed by atoms with Gasteiger partial charge in [0.2, 0.25) is 0 Å². The molecule has 3 rings (SSSR count). The third kappa shape index (κ3) is 2.28. The number of ether oxygens (including phenoxy) is 1.